The van der Waals surface area contributed by atoms with Crippen LogP contribution in [-0.2, 0) is 6.54 Å². The van der Waals surface area contributed by atoms with Gasteiger partial charge in [0.05, 0.1) is 6.54 Å². The van der Waals surface area contributed by atoms with Gasteiger partial charge in [0.25, 0.3) is 5.91 Å². The molecule has 1 aliphatic rings. The molecule has 7 heteroatoms. The van der Waals surface area contributed by atoms with Gasteiger partial charge >= 0.3 is 0 Å². The van der Waals surface area contributed by atoms with E-state index in [1.54, 1.807) is 12.1 Å². The van der Waals surface area contributed by atoms with Gasteiger partial charge in [-0.05, 0) is 75.9 Å². The fourth-order valence-corrected chi connectivity index (χ4v) is 5.46. The second kappa shape index (κ2) is 9.20. The highest BCUT2D eigenvalue weighted by atomic mass is 19.1. The second-order valence-electron chi connectivity index (χ2n) is 9.68. The molecule has 0 aliphatic heterocycles. The van der Waals surface area contributed by atoms with Gasteiger partial charge in [0.1, 0.15) is 34.5 Å². The predicted molar refractivity (Wildman–Crippen MR) is 133 cm³/mol. The number of aromatic amines is 1. The number of nitriles is 1. The van der Waals surface area contributed by atoms with Crippen molar-refractivity contribution in [2.24, 2.45) is 0 Å². The summed E-state index contributed by atoms with van der Waals surface area (Å²) < 4.78 is 19.6. The number of carbonyl (C=O) groups is 1. The van der Waals surface area contributed by atoms with Crippen LogP contribution in [0.15, 0.2) is 52.9 Å². The number of benzene rings is 2. The van der Waals surface area contributed by atoms with E-state index in [1.165, 1.54) is 12.1 Å². The Hall–Kier alpha value is -3.63. The van der Waals surface area contributed by atoms with Crippen LogP contribution < -0.4 is 5.32 Å². The molecule has 0 bridgehead atoms. The maximum Gasteiger partial charge on any atom is 0.270 e. The molecule has 2 atom stereocenters. The van der Waals surface area contributed by atoms with E-state index < -0.39 is 0 Å². The fourth-order valence-electron chi connectivity index (χ4n) is 5.46. The van der Waals surface area contributed by atoms with Gasteiger partial charge in [-0.15, -0.1) is 0 Å². The molecule has 2 aromatic heterocycles. The zero-order valence-electron chi connectivity index (χ0n) is 20.0. The SMILES string of the molecule is CCN(C(=O)c1cc2cc(F)ccc2[nH]1)[C@H]1CCCC(C)(NCc2oc3ccccc3c2C#N)C1. The third kappa shape index (κ3) is 4.42. The van der Waals surface area contributed by atoms with Gasteiger partial charge in [0, 0.05) is 34.4 Å². The van der Waals surface area contributed by atoms with Gasteiger partial charge in [-0.1, -0.05) is 12.1 Å². The van der Waals surface area contributed by atoms with Crippen LogP contribution in [0.1, 0.15) is 61.3 Å². The number of aromatic nitrogens is 1. The average molecular weight is 473 g/mol. The minimum Gasteiger partial charge on any atom is -0.458 e. The molecule has 0 spiro atoms. The number of fused-ring (bicyclic) bond motifs is 2. The lowest BCUT2D eigenvalue weighted by Crippen LogP contribution is -2.52. The van der Waals surface area contributed by atoms with E-state index in [4.69, 9.17) is 4.42 Å². The Balaban J connectivity index is 1.32. The van der Waals surface area contributed by atoms with Gasteiger partial charge in [0.2, 0.25) is 0 Å². The third-order valence-electron chi connectivity index (χ3n) is 7.26. The molecule has 2 heterocycles. The molecule has 35 heavy (non-hydrogen) atoms. The molecule has 5 rings (SSSR count). The summed E-state index contributed by atoms with van der Waals surface area (Å²) in [4.78, 5) is 18.5. The van der Waals surface area contributed by atoms with Crippen molar-refractivity contribution in [2.45, 2.75) is 57.7 Å². The number of H-pyrrole nitrogens is 1. The van der Waals surface area contributed by atoms with E-state index in [9.17, 15) is 14.4 Å². The third-order valence-corrected chi connectivity index (χ3v) is 7.26. The predicted octanol–water partition coefficient (Wildman–Crippen LogP) is 5.88. The fraction of sp³-hybridized carbons (Fsp3) is 0.357. The summed E-state index contributed by atoms with van der Waals surface area (Å²) in [6.07, 6.45) is 3.69. The van der Waals surface area contributed by atoms with Crippen molar-refractivity contribution in [1.29, 1.82) is 5.26 Å². The zero-order valence-corrected chi connectivity index (χ0v) is 20.0. The van der Waals surface area contributed by atoms with Crippen molar-refractivity contribution in [2.75, 3.05) is 6.54 Å². The molecule has 180 valence electrons. The highest BCUT2D eigenvalue weighted by Crippen LogP contribution is 2.33. The van der Waals surface area contributed by atoms with Crippen molar-refractivity contribution < 1.29 is 13.6 Å². The molecule has 0 saturated heterocycles. The largest absolute Gasteiger partial charge is 0.458 e. The summed E-state index contributed by atoms with van der Waals surface area (Å²) in [6, 6.07) is 16.2. The summed E-state index contributed by atoms with van der Waals surface area (Å²) in [5.74, 6) is 0.258. The van der Waals surface area contributed by atoms with Gasteiger partial charge in [-0.3, -0.25) is 4.79 Å². The van der Waals surface area contributed by atoms with Gasteiger partial charge < -0.3 is 19.6 Å². The Labute approximate surface area is 203 Å². The van der Waals surface area contributed by atoms with Gasteiger partial charge in [-0.25, -0.2) is 4.39 Å². The van der Waals surface area contributed by atoms with Gasteiger partial charge in [-0.2, -0.15) is 5.26 Å². The molecular weight excluding hydrogens is 443 g/mol. The van der Waals surface area contributed by atoms with Crippen LogP contribution >= 0.6 is 0 Å². The van der Waals surface area contributed by atoms with Crippen LogP contribution in [0.5, 0.6) is 0 Å². The number of hydrogen-bond acceptors (Lipinski definition) is 4. The maximum atomic E-state index is 13.6. The highest BCUT2D eigenvalue weighted by Gasteiger charge is 2.36. The molecule has 1 fully saturated rings. The molecule has 1 saturated carbocycles. The molecule has 4 aromatic rings. The standard InChI is InChI=1S/C28H29FN4O2/c1-3-33(27(34)24-14-18-13-19(29)10-11-23(18)32-24)20-7-6-12-28(2,15-20)31-17-26-22(16-30)21-8-4-5-9-25(21)35-26/h4-5,8-11,13-14,20,31-32H,3,6-7,12,15,17H2,1-2H3/t20-,28?/m0/s1. The van der Waals surface area contributed by atoms with Crippen LogP contribution in [-0.4, -0.2) is 33.9 Å². The van der Waals surface area contributed by atoms with Crippen LogP contribution in [0.4, 0.5) is 4.39 Å². The number of amides is 1. The molecular formula is C28H29FN4O2. The van der Waals surface area contributed by atoms with E-state index in [0.29, 0.717) is 41.1 Å². The summed E-state index contributed by atoms with van der Waals surface area (Å²) >= 11 is 0. The Morgan fingerprint density at radius 2 is 2.14 bits per heavy atom. The Morgan fingerprint density at radius 3 is 2.94 bits per heavy atom. The molecule has 2 aromatic carbocycles. The first-order chi connectivity index (χ1) is 16.9. The summed E-state index contributed by atoms with van der Waals surface area (Å²) in [5.41, 5.74) is 2.32. The summed E-state index contributed by atoms with van der Waals surface area (Å²) in [6.45, 7) is 5.21. The topological polar surface area (TPSA) is 85.1 Å². The molecule has 1 amide bonds. The minimum atomic E-state index is -0.319. The van der Waals surface area contributed by atoms with Crippen LogP contribution in [0.3, 0.4) is 0 Å². The summed E-state index contributed by atoms with van der Waals surface area (Å²) in [5, 5.41) is 14.8. The van der Waals surface area contributed by atoms with E-state index >= 15 is 0 Å². The first-order valence-corrected chi connectivity index (χ1v) is 12.2. The smallest absolute Gasteiger partial charge is 0.270 e. The quantitative estimate of drug-likeness (QED) is 0.367. The Kier molecular flexibility index (Phi) is 6.08. The number of rotatable bonds is 6. The van der Waals surface area contributed by atoms with E-state index in [0.717, 1.165) is 36.6 Å². The van der Waals surface area contributed by atoms with Crippen molar-refractivity contribution in [3.8, 4) is 6.07 Å². The molecule has 2 N–H and O–H groups in total. The van der Waals surface area contributed by atoms with Crippen LogP contribution in [0, 0.1) is 17.1 Å². The molecule has 6 nitrogen and oxygen atoms in total. The minimum absolute atomic E-state index is 0.0672. The monoisotopic (exact) mass is 472 g/mol. The normalized spacial score (nSPS) is 20.2. The maximum absolute atomic E-state index is 13.6. The lowest BCUT2D eigenvalue weighted by Gasteiger charge is -2.43. The number of para-hydroxylation sites is 1. The number of nitrogens with zero attached hydrogens (tertiary/aromatic N) is 2. The second-order valence-corrected chi connectivity index (χ2v) is 9.68. The number of halogens is 1. The van der Waals surface area contributed by atoms with Crippen molar-refractivity contribution >= 4 is 27.8 Å². The van der Waals surface area contributed by atoms with Gasteiger partial charge in [0.15, 0.2) is 0 Å². The molecule has 0 radical (unpaired) electrons. The molecule has 1 unspecified atom stereocenters. The van der Waals surface area contributed by atoms with E-state index in [1.807, 2.05) is 36.1 Å². The van der Waals surface area contributed by atoms with E-state index in [2.05, 4.69) is 23.3 Å². The molecule has 1 aliphatic carbocycles. The lowest BCUT2D eigenvalue weighted by atomic mass is 9.79. The zero-order chi connectivity index (χ0) is 24.6. The van der Waals surface area contributed by atoms with Crippen molar-refractivity contribution in [1.82, 2.24) is 15.2 Å². The lowest BCUT2D eigenvalue weighted by molar-refractivity contribution is 0.0569. The Morgan fingerprint density at radius 1 is 1.31 bits per heavy atom. The number of furan rings is 1. The number of hydrogen-bond donors (Lipinski definition) is 2. The first-order valence-electron chi connectivity index (χ1n) is 12.2. The highest BCUT2D eigenvalue weighted by molar-refractivity contribution is 5.98. The van der Waals surface area contributed by atoms with E-state index in [-0.39, 0.29) is 23.3 Å². The number of carbonyl (C=O) groups excluding carboxylic acids is 1. The summed E-state index contributed by atoms with van der Waals surface area (Å²) in [7, 11) is 0. The van der Waals surface area contributed by atoms with Crippen LogP contribution in [0.25, 0.3) is 21.9 Å². The number of nitrogens with one attached hydrogen (secondary N) is 2. The van der Waals surface area contributed by atoms with Crippen molar-refractivity contribution in [3.63, 3.8) is 0 Å². The average Bonchev–Trinajstić information content (AvgIpc) is 3.44. The van der Waals surface area contributed by atoms with Crippen LogP contribution in [0.2, 0.25) is 0 Å². The first kappa shape index (κ1) is 23.1. The Bertz CT molecular complexity index is 1430. The van der Waals surface area contributed by atoms with Crippen molar-refractivity contribution in [3.05, 3.63) is 71.4 Å².